The molecule has 0 aromatic carbocycles. The van der Waals surface area contributed by atoms with Crippen LogP contribution in [0.5, 0.6) is 0 Å². The van der Waals surface area contributed by atoms with Crippen LogP contribution in [-0.4, -0.2) is 39.5 Å². The Kier molecular flexibility index (Phi) is 5.68. The number of ether oxygens (including phenoxy) is 1. The maximum Gasteiger partial charge on any atom is 0.407 e. The fourth-order valence-electron chi connectivity index (χ4n) is 3.12. The molecule has 7 nitrogen and oxygen atoms in total. The quantitative estimate of drug-likeness (QED) is 0.813. The van der Waals surface area contributed by atoms with E-state index in [-0.39, 0.29) is 5.91 Å². The Hall–Kier alpha value is -2.05. The van der Waals surface area contributed by atoms with Gasteiger partial charge in [-0.15, -0.1) is 0 Å². The van der Waals surface area contributed by atoms with E-state index >= 15 is 0 Å². The Morgan fingerprint density at radius 3 is 2.38 bits per heavy atom. The molecule has 1 heterocycles. The Morgan fingerprint density at radius 2 is 1.92 bits per heavy atom. The normalized spacial score (nSPS) is 18.0. The van der Waals surface area contributed by atoms with E-state index < -0.39 is 23.3 Å². The molecule has 2 amide bonds. The van der Waals surface area contributed by atoms with Crippen molar-refractivity contribution < 1.29 is 14.3 Å². The third-order valence-corrected chi connectivity index (χ3v) is 4.68. The molecule has 2 atom stereocenters. The maximum atomic E-state index is 12.8. The molecule has 2 rings (SSSR count). The van der Waals surface area contributed by atoms with Gasteiger partial charge in [0.25, 0.3) is 0 Å². The molecular formula is C19H32N4O3. The molecule has 1 aliphatic rings. The van der Waals surface area contributed by atoms with Gasteiger partial charge in [0.2, 0.25) is 5.91 Å². The van der Waals surface area contributed by atoms with Gasteiger partial charge in [-0.05, 0) is 73.3 Å². The number of carbonyl (C=O) groups excluding carboxylic acids is 2. The average Bonchev–Trinajstić information content (AvgIpc) is 3.29. The van der Waals surface area contributed by atoms with Crippen LogP contribution in [0.1, 0.15) is 64.9 Å². The van der Waals surface area contributed by atoms with E-state index in [1.807, 2.05) is 54.5 Å². The van der Waals surface area contributed by atoms with Gasteiger partial charge in [0, 0.05) is 12.2 Å². The minimum atomic E-state index is -0.548. The lowest BCUT2D eigenvalue weighted by molar-refractivity contribution is -0.126. The lowest BCUT2D eigenvalue weighted by Crippen LogP contribution is -2.56. The number of amides is 2. The summed E-state index contributed by atoms with van der Waals surface area (Å²) in [6.45, 7) is 13.5. The van der Waals surface area contributed by atoms with Crippen molar-refractivity contribution in [3.8, 4) is 0 Å². The van der Waals surface area contributed by atoms with Crippen molar-refractivity contribution in [2.75, 3.05) is 6.54 Å². The van der Waals surface area contributed by atoms with E-state index in [9.17, 15) is 9.59 Å². The van der Waals surface area contributed by atoms with Gasteiger partial charge in [0.15, 0.2) is 0 Å². The molecule has 0 aliphatic heterocycles. The fraction of sp³-hybridized carbons (Fsp3) is 0.737. The van der Waals surface area contributed by atoms with Crippen molar-refractivity contribution in [3.05, 3.63) is 17.5 Å². The Balaban J connectivity index is 2.01. The van der Waals surface area contributed by atoms with Gasteiger partial charge in [0.05, 0.1) is 11.2 Å². The van der Waals surface area contributed by atoms with Gasteiger partial charge in [-0.1, -0.05) is 0 Å². The summed E-state index contributed by atoms with van der Waals surface area (Å²) in [6, 6.07) is 1.54. The zero-order chi connectivity index (χ0) is 19.7. The highest BCUT2D eigenvalue weighted by Crippen LogP contribution is 2.39. The van der Waals surface area contributed by atoms with Crippen LogP contribution >= 0.6 is 0 Å². The SMILES string of the molecule is Cc1cc(C)n(C(C)C(=O)NC(C)(CNC(=O)OC(C)(C)C)C2CC2)n1. The zero-order valence-electron chi connectivity index (χ0n) is 17.0. The number of hydrogen-bond acceptors (Lipinski definition) is 4. The van der Waals surface area contributed by atoms with Crippen molar-refractivity contribution in [2.24, 2.45) is 5.92 Å². The molecule has 1 fully saturated rings. The summed E-state index contributed by atoms with van der Waals surface area (Å²) in [5.74, 6) is 0.255. The molecule has 0 spiro atoms. The largest absolute Gasteiger partial charge is 0.444 e. The molecule has 146 valence electrons. The fourth-order valence-corrected chi connectivity index (χ4v) is 3.12. The second-order valence-electron chi connectivity index (χ2n) is 8.58. The summed E-state index contributed by atoms with van der Waals surface area (Å²) in [6.07, 6.45) is 1.62. The number of carbonyl (C=O) groups is 2. The summed E-state index contributed by atoms with van der Waals surface area (Å²) in [5.41, 5.74) is 0.787. The molecule has 26 heavy (non-hydrogen) atoms. The Bertz CT molecular complexity index is 673. The number of rotatable bonds is 6. The lowest BCUT2D eigenvalue weighted by atomic mass is 9.95. The van der Waals surface area contributed by atoms with Crippen LogP contribution in [0.3, 0.4) is 0 Å². The van der Waals surface area contributed by atoms with Crippen LogP contribution in [0.4, 0.5) is 4.79 Å². The van der Waals surface area contributed by atoms with Crippen LogP contribution < -0.4 is 10.6 Å². The predicted molar refractivity (Wildman–Crippen MR) is 99.9 cm³/mol. The van der Waals surface area contributed by atoms with Crippen molar-refractivity contribution >= 4 is 12.0 Å². The molecule has 0 bridgehead atoms. The molecule has 1 aliphatic carbocycles. The van der Waals surface area contributed by atoms with Crippen molar-refractivity contribution in [3.63, 3.8) is 0 Å². The maximum absolute atomic E-state index is 12.8. The number of alkyl carbamates (subject to hydrolysis) is 1. The van der Waals surface area contributed by atoms with Gasteiger partial charge < -0.3 is 15.4 Å². The smallest absolute Gasteiger partial charge is 0.407 e. The van der Waals surface area contributed by atoms with Crippen LogP contribution in [0, 0.1) is 19.8 Å². The van der Waals surface area contributed by atoms with E-state index in [2.05, 4.69) is 15.7 Å². The Labute approximate surface area is 155 Å². The van der Waals surface area contributed by atoms with Crippen LogP contribution in [0.2, 0.25) is 0 Å². The summed E-state index contributed by atoms with van der Waals surface area (Å²) in [5, 5.41) is 10.3. The van der Waals surface area contributed by atoms with Crippen LogP contribution in [0.25, 0.3) is 0 Å². The average molecular weight is 364 g/mol. The Morgan fingerprint density at radius 1 is 1.31 bits per heavy atom. The first kappa shape index (κ1) is 20.3. The summed E-state index contributed by atoms with van der Waals surface area (Å²) in [4.78, 5) is 24.8. The number of aryl methyl sites for hydroxylation is 2. The molecule has 0 saturated heterocycles. The third kappa shape index (κ3) is 5.22. The second-order valence-corrected chi connectivity index (χ2v) is 8.58. The zero-order valence-corrected chi connectivity index (χ0v) is 17.0. The summed E-state index contributed by atoms with van der Waals surface area (Å²) in [7, 11) is 0. The lowest BCUT2D eigenvalue weighted by Gasteiger charge is -2.33. The van der Waals surface area contributed by atoms with Gasteiger partial charge in [-0.2, -0.15) is 5.10 Å². The standard InChI is InChI=1S/C19H32N4O3/c1-12-10-13(2)23(22-12)14(3)16(24)21-19(7,15-8-9-15)11-20-17(25)26-18(4,5)6/h10,14-15H,8-9,11H2,1-7H3,(H,20,25)(H,21,24). The second kappa shape index (κ2) is 7.29. The number of aromatic nitrogens is 2. The monoisotopic (exact) mass is 364 g/mol. The van der Waals surface area contributed by atoms with Gasteiger partial charge in [-0.25, -0.2) is 4.79 Å². The van der Waals surface area contributed by atoms with E-state index in [0.717, 1.165) is 24.2 Å². The van der Waals surface area contributed by atoms with Crippen LogP contribution in [-0.2, 0) is 9.53 Å². The van der Waals surface area contributed by atoms with Gasteiger partial charge >= 0.3 is 6.09 Å². The molecular weight excluding hydrogens is 332 g/mol. The van der Waals surface area contributed by atoms with Gasteiger partial charge in [-0.3, -0.25) is 9.48 Å². The highest BCUT2D eigenvalue weighted by Gasteiger charge is 2.43. The number of nitrogens with zero attached hydrogens (tertiary/aromatic N) is 2. The minimum absolute atomic E-state index is 0.100. The molecule has 2 N–H and O–H groups in total. The van der Waals surface area contributed by atoms with E-state index in [1.165, 1.54) is 0 Å². The minimum Gasteiger partial charge on any atom is -0.444 e. The van der Waals surface area contributed by atoms with Crippen molar-refractivity contribution in [1.82, 2.24) is 20.4 Å². The summed E-state index contributed by atoms with van der Waals surface area (Å²) >= 11 is 0. The predicted octanol–water partition coefficient (Wildman–Crippen LogP) is 2.87. The number of nitrogens with one attached hydrogen (secondary N) is 2. The third-order valence-electron chi connectivity index (χ3n) is 4.68. The highest BCUT2D eigenvalue weighted by molar-refractivity contribution is 5.81. The van der Waals surface area contributed by atoms with E-state index in [4.69, 9.17) is 4.74 Å². The summed E-state index contributed by atoms with van der Waals surface area (Å²) < 4.78 is 7.03. The van der Waals surface area contributed by atoms with Crippen molar-refractivity contribution in [1.29, 1.82) is 0 Å². The van der Waals surface area contributed by atoms with E-state index in [0.29, 0.717) is 12.5 Å². The van der Waals surface area contributed by atoms with Crippen molar-refractivity contribution in [2.45, 2.75) is 78.5 Å². The first-order valence-corrected chi connectivity index (χ1v) is 9.23. The van der Waals surface area contributed by atoms with Gasteiger partial charge in [0.1, 0.15) is 11.6 Å². The molecule has 1 saturated carbocycles. The molecule has 2 unspecified atom stereocenters. The molecule has 1 aromatic heterocycles. The molecule has 1 aromatic rings. The van der Waals surface area contributed by atoms with E-state index in [1.54, 1.807) is 4.68 Å². The first-order valence-electron chi connectivity index (χ1n) is 9.23. The topological polar surface area (TPSA) is 85.2 Å². The number of hydrogen-bond donors (Lipinski definition) is 2. The highest BCUT2D eigenvalue weighted by atomic mass is 16.6. The van der Waals surface area contributed by atoms with Crippen LogP contribution in [0.15, 0.2) is 6.07 Å². The molecule has 0 radical (unpaired) electrons. The first-order chi connectivity index (χ1) is 11.9. The molecule has 7 heteroatoms.